The van der Waals surface area contributed by atoms with E-state index in [2.05, 4.69) is 55.6 Å². The Bertz CT molecular complexity index is 1160. The summed E-state index contributed by atoms with van der Waals surface area (Å²) in [4.78, 5) is 24.5. The number of unbranched alkanes of at least 4 members (excludes halogenated alkanes) is 39. The molecule has 0 saturated heterocycles. The predicted molar refractivity (Wildman–Crippen MR) is 301 cm³/mol. The lowest BCUT2D eigenvalue weighted by Gasteiger charge is -2.20. The molecular weight excluding hydrogens is 851 g/mol. The summed E-state index contributed by atoms with van der Waals surface area (Å²) in [6.45, 7) is 4.87. The molecule has 3 N–H and O–H groups in total. The number of ether oxygens (including phenoxy) is 1. The van der Waals surface area contributed by atoms with Crippen LogP contribution in [0.2, 0.25) is 0 Å². The highest BCUT2D eigenvalue weighted by atomic mass is 16.5. The number of rotatable bonds is 56. The van der Waals surface area contributed by atoms with Crippen LogP contribution in [-0.4, -0.2) is 47.4 Å². The maximum absolute atomic E-state index is 12.4. The van der Waals surface area contributed by atoms with E-state index < -0.39 is 12.1 Å². The molecule has 0 rings (SSSR count). The van der Waals surface area contributed by atoms with Crippen molar-refractivity contribution in [2.75, 3.05) is 13.2 Å². The lowest BCUT2D eigenvalue weighted by atomic mass is 10.0. The number of esters is 1. The monoisotopic (exact) mass is 968 g/mol. The van der Waals surface area contributed by atoms with Crippen LogP contribution in [0.1, 0.15) is 316 Å². The summed E-state index contributed by atoms with van der Waals surface area (Å²) in [5.74, 6) is -0.0736. The van der Waals surface area contributed by atoms with Crippen molar-refractivity contribution < 1.29 is 24.5 Å². The van der Waals surface area contributed by atoms with Gasteiger partial charge in [0.05, 0.1) is 25.4 Å². The van der Waals surface area contributed by atoms with Gasteiger partial charge in [0.25, 0.3) is 0 Å². The molecule has 6 nitrogen and oxygen atoms in total. The summed E-state index contributed by atoms with van der Waals surface area (Å²) < 4.78 is 5.48. The average molecular weight is 969 g/mol. The molecule has 0 aromatic carbocycles. The second-order valence-corrected chi connectivity index (χ2v) is 20.7. The number of hydrogen-bond donors (Lipinski definition) is 3. The fourth-order valence-electron chi connectivity index (χ4n) is 9.13. The zero-order valence-corrected chi connectivity index (χ0v) is 46.0. The quantitative estimate of drug-likeness (QED) is 0.0321. The van der Waals surface area contributed by atoms with Crippen molar-refractivity contribution in [3.8, 4) is 0 Å². The van der Waals surface area contributed by atoms with Crippen molar-refractivity contribution in [1.82, 2.24) is 5.32 Å². The van der Waals surface area contributed by atoms with Gasteiger partial charge in [-0.15, -0.1) is 0 Å². The van der Waals surface area contributed by atoms with Crippen molar-refractivity contribution in [1.29, 1.82) is 0 Å². The second kappa shape index (κ2) is 58.4. The largest absolute Gasteiger partial charge is 0.466 e. The maximum atomic E-state index is 12.4. The Kier molecular flexibility index (Phi) is 56.5. The first-order valence-corrected chi connectivity index (χ1v) is 30.4. The highest BCUT2D eigenvalue weighted by Gasteiger charge is 2.18. The van der Waals surface area contributed by atoms with Crippen LogP contribution in [0.3, 0.4) is 0 Å². The van der Waals surface area contributed by atoms with Crippen molar-refractivity contribution in [3.63, 3.8) is 0 Å². The van der Waals surface area contributed by atoms with Crippen molar-refractivity contribution >= 4 is 11.9 Å². The lowest BCUT2D eigenvalue weighted by Crippen LogP contribution is -2.45. The molecule has 0 heterocycles. The molecule has 0 aliphatic carbocycles. The van der Waals surface area contributed by atoms with Crippen LogP contribution in [0, 0.1) is 0 Å². The first kappa shape index (κ1) is 66.8. The zero-order valence-electron chi connectivity index (χ0n) is 46.0. The van der Waals surface area contributed by atoms with Gasteiger partial charge in [0.2, 0.25) is 5.91 Å². The third-order valence-electron chi connectivity index (χ3n) is 13.8. The van der Waals surface area contributed by atoms with Crippen LogP contribution >= 0.6 is 0 Å². The molecule has 0 bridgehead atoms. The summed E-state index contributed by atoms with van der Waals surface area (Å²) in [7, 11) is 0. The van der Waals surface area contributed by atoms with E-state index in [0.717, 1.165) is 51.4 Å². The molecule has 0 aromatic heterocycles. The molecular formula is C63H117NO5. The molecule has 0 radical (unpaired) electrons. The molecule has 0 saturated carbocycles. The van der Waals surface area contributed by atoms with Gasteiger partial charge < -0.3 is 20.3 Å². The molecule has 404 valence electrons. The normalized spacial score (nSPS) is 12.9. The smallest absolute Gasteiger partial charge is 0.305 e. The van der Waals surface area contributed by atoms with Gasteiger partial charge in [-0.05, 0) is 89.9 Å². The van der Waals surface area contributed by atoms with E-state index in [4.69, 9.17) is 4.74 Å². The number of amides is 1. The van der Waals surface area contributed by atoms with Crippen molar-refractivity contribution in [2.24, 2.45) is 0 Å². The Morgan fingerprint density at radius 1 is 0.406 bits per heavy atom. The minimum absolute atomic E-state index is 0.000961. The number of hydrogen-bond acceptors (Lipinski definition) is 5. The Labute approximate surface area is 429 Å². The first-order valence-electron chi connectivity index (χ1n) is 30.4. The Hall–Kier alpha value is -2.18. The summed E-state index contributed by atoms with van der Waals surface area (Å²) in [5.41, 5.74) is 0. The first-order chi connectivity index (χ1) is 34.0. The molecule has 69 heavy (non-hydrogen) atoms. The lowest BCUT2D eigenvalue weighted by molar-refractivity contribution is -0.143. The molecule has 0 aromatic rings. The van der Waals surface area contributed by atoms with Crippen LogP contribution in [0.4, 0.5) is 0 Å². The third-order valence-corrected chi connectivity index (χ3v) is 13.8. The van der Waals surface area contributed by atoms with E-state index in [1.54, 1.807) is 6.08 Å². The topological polar surface area (TPSA) is 95.9 Å². The fraction of sp³-hybridized carbons (Fsp3) is 0.841. The molecule has 2 atom stereocenters. The van der Waals surface area contributed by atoms with Crippen LogP contribution in [0.15, 0.2) is 48.6 Å². The standard InChI is InChI=1S/C63H117NO5/c1-3-5-7-9-11-13-15-16-17-30-33-37-41-45-49-53-57-63(68)69-58-54-50-46-42-38-34-31-28-26-24-22-20-18-19-21-23-25-27-29-32-36-40-44-48-52-56-62(67)64-60(59-65)61(66)55-51-47-43-39-35-14-12-10-8-6-4-2/h13,15,17,19,21,30,51,55,60-61,65-66H,3-12,14,16,18,20,22-29,31-50,52-54,56-59H2,1-2H3,(H,64,67)/b15-13-,21-19-,30-17-,55-51+. The molecule has 0 fully saturated rings. The zero-order chi connectivity index (χ0) is 50.0. The molecule has 1 amide bonds. The van der Waals surface area contributed by atoms with Gasteiger partial charge in [-0.2, -0.15) is 0 Å². The van der Waals surface area contributed by atoms with Crippen LogP contribution in [0.5, 0.6) is 0 Å². The molecule has 0 aliphatic rings. The Balaban J connectivity index is 3.40. The number of aliphatic hydroxyl groups excluding tert-OH is 2. The van der Waals surface area contributed by atoms with Crippen molar-refractivity contribution in [2.45, 2.75) is 328 Å². The van der Waals surface area contributed by atoms with E-state index in [1.807, 2.05) is 6.08 Å². The van der Waals surface area contributed by atoms with E-state index in [9.17, 15) is 19.8 Å². The van der Waals surface area contributed by atoms with E-state index in [0.29, 0.717) is 19.4 Å². The number of carbonyl (C=O) groups is 2. The Morgan fingerprint density at radius 3 is 1.13 bits per heavy atom. The van der Waals surface area contributed by atoms with Gasteiger partial charge in [0.1, 0.15) is 0 Å². The predicted octanol–water partition coefficient (Wildman–Crippen LogP) is 19.0. The number of nitrogens with one attached hydrogen (secondary N) is 1. The summed E-state index contributed by atoms with van der Waals surface area (Å²) in [5, 5.41) is 23.0. The molecule has 6 heteroatoms. The van der Waals surface area contributed by atoms with Crippen molar-refractivity contribution in [3.05, 3.63) is 48.6 Å². The SMILES string of the molecule is CCCCCC/C=C\C/C=C\CCCCCCCC(=O)OCCCCCCCCCCCCCC/C=C\CCCCCCCCCCCC(=O)NC(CO)C(O)/C=C/CCCCCCCCCCC. The van der Waals surface area contributed by atoms with Gasteiger partial charge in [-0.25, -0.2) is 0 Å². The van der Waals surface area contributed by atoms with Gasteiger partial charge >= 0.3 is 5.97 Å². The molecule has 2 unspecified atom stereocenters. The number of carbonyl (C=O) groups excluding carboxylic acids is 2. The van der Waals surface area contributed by atoms with Gasteiger partial charge in [0.15, 0.2) is 0 Å². The summed E-state index contributed by atoms with van der Waals surface area (Å²) in [6, 6.07) is -0.629. The molecule has 0 spiro atoms. The van der Waals surface area contributed by atoms with Crippen LogP contribution in [-0.2, 0) is 14.3 Å². The van der Waals surface area contributed by atoms with Gasteiger partial charge in [-0.1, -0.05) is 262 Å². The number of aliphatic hydroxyl groups is 2. The van der Waals surface area contributed by atoms with Crippen LogP contribution in [0.25, 0.3) is 0 Å². The third kappa shape index (κ3) is 55.0. The summed E-state index contributed by atoms with van der Waals surface area (Å²) in [6.07, 6.45) is 74.4. The van der Waals surface area contributed by atoms with E-state index in [-0.39, 0.29) is 18.5 Å². The minimum atomic E-state index is -0.845. The second-order valence-electron chi connectivity index (χ2n) is 20.7. The Morgan fingerprint density at radius 2 is 0.725 bits per heavy atom. The van der Waals surface area contributed by atoms with E-state index >= 15 is 0 Å². The highest BCUT2D eigenvalue weighted by Crippen LogP contribution is 2.16. The van der Waals surface area contributed by atoms with E-state index in [1.165, 1.54) is 238 Å². The average Bonchev–Trinajstić information content (AvgIpc) is 3.35. The van der Waals surface area contributed by atoms with Gasteiger partial charge in [0, 0.05) is 12.8 Å². The minimum Gasteiger partial charge on any atom is -0.466 e. The van der Waals surface area contributed by atoms with Crippen LogP contribution < -0.4 is 5.32 Å². The fourth-order valence-corrected chi connectivity index (χ4v) is 9.13. The number of allylic oxidation sites excluding steroid dienone is 7. The van der Waals surface area contributed by atoms with Gasteiger partial charge in [-0.3, -0.25) is 9.59 Å². The molecule has 0 aliphatic heterocycles. The summed E-state index contributed by atoms with van der Waals surface area (Å²) >= 11 is 0. The maximum Gasteiger partial charge on any atom is 0.305 e. The highest BCUT2D eigenvalue weighted by molar-refractivity contribution is 5.76.